The molecule has 0 aliphatic carbocycles. The molecule has 2 N–H and O–H groups in total. The second-order valence-electron chi connectivity index (χ2n) is 4.01. The lowest BCUT2D eigenvalue weighted by Crippen LogP contribution is -2.36. The van der Waals surface area contributed by atoms with E-state index in [0.29, 0.717) is 0 Å². The molecule has 0 saturated carbocycles. The van der Waals surface area contributed by atoms with Gasteiger partial charge in [0.05, 0.1) is 0 Å². The second kappa shape index (κ2) is 5.95. The quantitative estimate of drug-likeness (QED) is 0.894. The van der Waals surface area contributed by atoms with Crippen LogP contribution in [0.1, 0.15) is 17.3 Å². The van der Waals surface area contributed by atoms with Crippen molar-refractivity contribution in [3.8, 4) is 0 Å². The molecule has 1 aromatic heterocycles. The highest BCUT2D eigenvalue weighted by atomic mass is 79.9. The molecule has 1 atom stereocenters. The maximum absolute atomic E-state index is 11.5. The van der Waals surface area contributed by atoms with E-state index in [0.717, 1.165) is 41.9 Å². The highest BCUT2D eigenvalue weighted by Gasteiger charge is 2.30. The van der Waals surface area contributed by atoms with Gasteiger partial charge in [-0.3, -0.25) is 9.69 Å². The molecule has 0 amide bonds. The molecule has 1 saturated heterocycles. The largest absolute Gasteiger partial charge is 0.480 e. The van der Waals surface area contributed by atoms with Gasteiger partial charge in [0, 0.05) is 29.0 Å². The molecule has 0 aromatic carbocycles. The van der Waals surface area contributed by atoms with Crippen molar-refractivity contribution in [2.24, 2.45) is 0 Å². The maximum Gasteiger partial charge on any atom is 0.326 e. The maximum atomic E-state index is 11.5. The molecule has 94 valence electrons. The molecule has 1 fully saturated rings. The molecule has 2 heterocycles. The third-order valence-electron chi connectivity index (χ3n) is 2.87. The summed E-state index contributed by atoms with van der Waals surface area (Å²) in [4.78, 5) is 14.4. The van der Waals surface area contributed by atoms with E-state index in [1.165, 1.54) is 11.3 Å². The number of halogens is 1. The van der Waals surface area contributed by atoms with Gasteiger partial charge in [0.15, 0.2) is 0 Å². The minimum absolute atomic E-state index is 0.524. The number of carbonyl (C=O) groups is 1. The van der Waals surface area contributed by atoms with E-state index in [1.54, 1.807) is 0 Å². The molecule has 1 aliphatic rings. The number of carboxylic acid groups (broad SMARTS) is 1. The normalized spacial score (nSPS) is 19.8. The van der Waals surface area contributed by atoms with Gasteiger partial charge in [-0.25, -0.2) is 0 Å². The Labute approximate surface area is 113 Å². The second-order valence-corrected chi connectivity index (χ2v) is 5.82. The summed E-state index contributed by atoms with van der Waals surface area (Å²) < 4.78 is 0.895. The van der Waals surface area contributed by atoms with Crippen molar-refractivity contribution in [3.05, 3.63) is 20.8 Å². The van der Waals surface area contributed by atoms with Crippen molar-refractivity contribution in [1.29, 1.82) is 0 Å². The van der Waals surface area contributed by atoms with Crippen LogP contribution in [0.25, 0.3) is 0 Å². The van der Waals surface area contributed by atoms with Crippen LogP contribution in [0, 0.1) is 0 Å². The number of nitrogens with one attached hydrogen (secondary N) is 1. The summed E-state index contributed by atoms with van der Waals surface area (Å²) in [5, 5.41) is 14.6. The number of hydrogen-bond acceptors (Lipinski definition) is 4. The Morgan fingerprint density at radius 2 is 2.35 bits per heavy atom. The van der Waals surface area contributed by atoms with Crippen LogP contribution in [-0.2, 0) is 4.79 Å². The van der Waals surface area contributed by atoms with Gasteiger partial charge in [0.2, 0.25) is 0 Å². The van der Waals surface area contributed by atoms with Crippen molar-refractivity contribution >= 4 is 33.2 Å². The van der Waals surface area contributed by atoms with Crippen LogP contribution in [0.15, 0.2) is 15.9 Å². The van der Waals surface area contributed by atoms with Gasteiger partial charge < -0.3 is 10.4 Å². The van der Waals surface area contributed by atoms with E-state index in [4.69, 9.17) is 0 Å². The van der Waals surface area contributed by atoms with Gasteiger partial charge in [0.25, 0.3) is 0 Å². The van der Waals surface area contributed by atoms with Crippen LogP contribution in [0.4, 0.5) is 0 Å². The molecule has 1 aliphatic heterocycles. The first kappa shape index (κ1) is 13.0. The van der Waals surface area contributed by atoms with Crippen molar-refractivity contribution in [1.82, 2.24) is 10.2 Å². The number of aliphatic carboxylic acids is 1. The first-order valence-electron chi connectivity index (χ1n) is 5.60. The van der Waals surface area contributed by atoms with Crippen molar-refractivity contribution in [3.63, 3.8) is 0 Å². The Bertz CT molecular complexity index is 389. The Balaban J connectivity index is 2.22. The topological polar surface area (TPSA) is 52.6 Å². The number of rotatable bonds is 3. The third-order valence-corrected chi connectivity index (χ3v) is 4.79. The fraction of sp³-hybridized carbons (Fsp3) is 0.545. The molecule has 1 aromatic rings. The average Bonchev–Trinajstić information content (AvgIpc) is 2.55. The van der Waals surface area contributed by atoms with E-state index < -0.39 is 12.0 Å². The molecule has 0 radical (unpaired) electrons. The summed E-state index contributed by atoms with van der Waals surface area (Å²) in [5.41, 5.74) is 0. The summed E-state index contributed by atoms with van der Waals surface area (Å²) in [5.74, 6) is -0.768. The van der Waals surface area contributed by atoms with Gasteiger partial charge in [-0.2, -0.15) is 0 Å². The van der Waals surface area contributed by atoms with Crippen molar-refractivity contribution in [2.75, 3.05) is 26.2 Å². The predicted octanol–water partition coefficient (Wildman–Crippen LogP) is 1.93. The number of carboxylic acids is 1. The Morgan fingerprint density at radius 3 is 3.00 bits per heavy atom. The van der Waals surface area contributed by atoms with E-state index in [1.807, 2.05) is 16.3 Å². The molecule has 17 heavy (non-hydrogen) atoms. The van der Waals surface area contributed by atoms with E-state index in [-0.39, 0.29) is 0 Å². The fourth-order valence-corrected chi connectivity index (χ4v) is 3.77. The standard InChI is InChI=1S/C11H15BrN2O2S/c12-8-2-7-17-10(8)9(11(15)16)14-5-1-3-13-4-6-14/h2,7,9,13H,1,3-6H2,(H,15,16). The number of hydrogen-bond donors (Lipinski definition) is 2. The van der Waals surface area contributed by atoms with Gasteiger partial charge >= 0.3 is 5.97 Å². The lowest BCUT2D eigenvalue weighted by atomic mass is 10.2. The van der Waals surface area contributed by atoms with E-state index in [2.05, 4.69) is 21.2 Å². The van der Waals surface area contributed by atoms with E-state index >= 15 is 0 Å². The monoisotopic (exact) mass is 318 g/mol. The summed E-state index contributed by atoms with van der Waals surface area (Å²) >= 11 is 4.92. The fourth-order valence-electron chi connectivity index (χ4n) is 2.06. The van der Waals surface area contributed by atoms with E-state index in [9.17, 15) is 9.90 Å². The van der Waals surface area contributed by atoms with Crippen LogP contribution >= 0.6 is 27.3 Å². The highest BCUT2D eigenvalue weighted by molar-refractivity contribution is 9.10. The highest BCUT2D eigenvalue weighted by Crippen LogP contribution is 2.33. The average molecular weight is 319 g/mol. The van der Waals surface area contributed by atoms with Crippen LogP contribution in [-0.4, -0.2) is 42.2 Å². The summed E-state index contributed by atoms with van der Waals surface area (Å²) in [6, 6.07) is 1.38. The zero-order chi connectivity index (χ0) is 12.3. The van der Waals surface area contributed by atoms with Crippen LogP contribution in [0.3, 0.4) is 0 Å². The van der Waals surface area contributed by atoms with Gasteiger partial charge in [0.1, 0.15) is 6.04 Å². The molecule has 0 bridgehead atoms. The molecular formula is C11H15BrN2O2S. The van der Waals surface area contributed by atoms with Crippen molar-refractivity contribution < 1.29 is 9.90 Å². The van der Waals surface area contributed by atoms with Crippen molar-refractivity contribution in [2.45, 2.75) is 12.5 Å². The molecule has 1 unspecified atom stereocenters. The minimum Gasteiger partial charge on any atom is -0.480 e. The molecule has 6 heteroatoms. The smallest absolute Gasteiger partial charge is 0.326 e. The number of thiophene rings is 1. The first-order valence-corrected chi connectivity index (χ1v) is 7.28. The third kappa shape index (κ3) is 3.07. The lowest BCUT2D eigenvalue weighted by molar-refractivity contribution is -0.143. The predicted molar refractivity (Wildman–Crippen MR) is 71.5 cm³/mol. The lowest BCUT2D eigenvalue weighted by Gasteiger charge is -2.26. The molecule has 0 spiro atoms. The zero-order valence-electron chi connectivity index (χ0n) is 9.36. The summed E-state index contributed by atoms with van der Waals surface area (Å²) in [6.45, 7) is 3.43. The number of nitrogens with zero attached hydrogens (tertiary/aromatic N) is 1. The molecule has 4 nitrogen and oxygen atoms in total. The zero-order valence-corrected chi connectivity index (χ0v) is 11.8. The summed E-state index contributed by atoms with van der Waals surface area (Å²) in [7, 11) is 0. The Morgan fingerprint density at radius 1 is 1.53 bits per heavy atom. The first-order chi connectivity index (χ1) is 8.20. The van der Waals surface area contributed by atoms with Gasteiger partial charge in [-0.1, -0.05) is 0 Å². The Hall–Kier alpha value is -0.430. The van der Waals surface area contributed by atoms with Crippen LogP contribution in [0.5, 0.6) is 0 Å². The van der Waals surface area contributed by atoms with Gasteiger partial charge in [-0.15, -0.1) is 11.3 Å². The SMILES string of the molecule is O=C(O)C(c1sccc1Br)N1CCCNCC1. The minimum atomic E-state index is -0.768. The summed E-state index contributed by atoms with van der Waals surface area (Å²) in [6.07, 6.45) is 0.993. The van der Waals surface area contributed by atoms with Crippen LogP contribution in [0.2, 0.25) is 0 Å². The van der Waals surface area contributed by atoms with Gasteiger partial charge in [-0.05, 0) is 40.3 Å². The molecule has 2 rings (SSSR count). The Kier molecular flexibility index (Phi) is 4.55. The molecular weight excluding hydrogens is 304 g/mol. The van der Waals surface area contributed by atoms with Crippen LogP contribution < -0.4 is 5.32 Å².